The molecule has 2 saturated heterocycles. The molecule has 0 bridgehead atoms. The third-order valence-corrected chi connectivity index (χ3v) is 5.59. The van der Waals surface area contributed by atoms with Gasteiger partial charge in [0.25, 0.3) is 0 Å². The number of aromatic nitrogens is 1. The lowest BCUT2D eigenvalue weighted by Gasteiger charge is -2.33. The van der Waals surface area contributed by atoms with Gasteiger partial charge in [0.2, 0.25) is 0 Å². The second-order valence-corrected chi connectivity index (χ2v) is 9.56. The molecule has 178 valence electrons. The van der Waals surface area contributed by atoms with E-state index in [0.29, 0.717) is 13.1 Å². The highest BCUT2D eigenvalue weighted by molar-refractivity contribution is 5.80. The first-order valence-corrected chi connectivity index (χ1v) is 11.6. The monoisotopic (exact) mass is 445 g/mol. The van der Waals surface area contributed by atoms with Crippen molar-refractivity contribution in [2.75, 3.05) is 57.8 Å². The first-order valence-electron chi connectivity index (χ1n) is 11.6. The van der Waals surface area contributed by atoms with Crippen molar-refractivity contribution in [2.24, 2.45) is 4.99 Å². The number of anilines is 1. The molecule has 3 heterocycles. The summed E-state index contributed by atoms with van der Waals surface area (Å²) in [6, 6.07) is 4.23. The van der Waals surface area contributed by atoms with Gasteiger partial charge in [-0.25, -0.2) is 14.8 Å². The molecule has 2 fully saturated rings. The molecule has 1 aromatic heterocycles. The fourth-order valence-corrected chi connectivity index (χ4v) is 3.90. The fourth-order valence-electron chi connectivity index (χ4n) is 3.90. The number of pyridine rings is 1. The Kier molecular flexibility index (Phi) is 8.17. The maximum atomic E-state index is 12.1. The number of amides is 1. The largest absolute Gasteiger partial charge is 0.444 e. The topological polar surface area (TPSA) is 85.3 Å². The average Bonchev–Trinajstić information content (AvgIpc) is 3.18. The van der Waals surface area contributed by atoms with Gasteiger partial charge in [-0.05, 0) is 58.9 Å². The van der Waals surface area contributed by atoms with Crippen LogP contribution in [-0.4, -0.2) is 91.3 Å². The molecule has 9 heteroatoms. The Balaban J connectivity index is 1.58. The number of guanidine groups is 1. The quantitative estimate of drug-likeness (QED) is 0.529. The molecular weight excluding hydrogens is 406 g/mol. The number of hydrogen-bond acceptors (Lipinski definition) is 6. The summed E-state index contributed by atoms with van der Waals surface area (Å²) in [6.07, 6.45) is 2.38. The molecule has 0 radical (unpaired) electrons. The Labute approximate surface area is 192 Å². The highest BCUT2D eigenvalue weighted by Gasteiger charge is 2.28. The Morgan fingerprint density at radius 1 is 1.25 bits per heavy atom. The van der Waals surface area contributed by atoms with Crippen LogP contribution < -0.4 is 15.5 Å². The zero-order chi connectivity index (χ0) is 23.1. The van der Waals surface area contributed by atoms with Gasteiger partial charge in [-0.1, -0.05) is 0 Å². The van der Waals surface area contributed by atoms with E-state index in [1.165, 1.54) is 0 Å². The summed E-state index contributed by atoms with van der Waals surface area (Å²) in [5, 5.41) is 6.37. The molecule has 1 aromatic rings. The molecule has 1 atom stereocenters. The number of aliphatic imine (C=N–C) groups is 1. The van der Waals surface area contributed by atoms with Gasteiger partial charge in [0.1, 0.15) is 11.4 Å². The summed E-state index contributed by atoms with van der Waals surface area (Å²) >= 11 is 0. The van der Waals surface area contributed by atoms with E-state index in [4.69, 9.17) is 9.73 Å². The van der Waals surface area contributed by atoms with Crippen LogP contribution in [0.4, 0.5) is 10.6 Å². The molecule has 1 amide bonds. The zero-order valence-electron chi connectivity index (χ0n) is 20.2. The molecular formula is C23H39N7O2. The summed E-state index contributed by atoms with van der Waals surface area (Å²) in [4.78, 5) is 28.4. The van der Waals surface area contributed by atoms with Crippen LogP contribution in [-0.2, 0) is 11.3 Å². The van der Waals surface area contributed by atoms with E-state index in [2.05, 4.69) is 50.4 Å². The lowest BCUT2D eigenvalue weighted by molar-refractivity contribution is 0.0507. The molecule has 3 rings (SSSR count). The number of carbonyl (C=O) groups excluding carboxylic acids is 1. The first kappa shape index (κ1) is 24.1. The van der Waals surface area contributed by atoms with Crippen LogP contribution in [0.3, 0.4) is 0 Å². The molecule has 1 unspecified atom stereocenters. The minimum atomic E-state index is -0.494. The molecule has 0 aliphatic carbocycles. The number of piperazine rings is 1. The maximum Gasteiger partial charge on any atom is 0.407 e. The van der Waals surface area contributed by atoms with E-state index < -0.39 is 5.60 Å². The van der Waals surface area contributed by atoms with Gasteiger partial charge in [-0.15, -0.1) is 0 Å². The lowest BCUT2D eigenvalue weighted by atomic mass is 10.2. The summed E-state index contributed by atoms with van der Waals surface area (Å²) in [5.74, 6) is 1.90. The smallest absolute Gasteiger partial charge is 0.407 e. The number of nitrogens with zero attached hydrogens (tertiary/aromatic N) is 5. The number of nitrogens with one attached hydrogen (secondary N) is 2. The van der Waals surface area contributed by atoms with Gasteiger partial charge in [0, 0.05) is 52.0 Å². The normalized spacial score (nSPS) is 20.4. The van der Waals surface area contributed by atoms with E-state index in [-0.39, 0.29) is 12.1 Å². The molecule has 2 N–H and O–H groups in total. The van der Waals surface area contributed by atoms with Crippen LogP contribution in [0.15, 0.2) is 23.3 Å². The number of likely N-dealkylation sites (tertiary alicyclic amines) is 1. The standard InChI is InChI=1S/C23H39N7O2/c1-6-24-21(30-10-8-19(17-30)27-22(31)32-23(2,3)4)26-16-18-7-9-25-20(15-18)29-13-11-28(5)12-14-29/h7,9,15,19H,6,8,10-14,16-17H2,1-5H3,(H,24,26)(H,27,31). The number of alkyl carbamates (subject to hydrolysis) is 1. The van der Waals surface area contributed by atoms with E-state index in [1.54, 1.807) is 0 Å². The minimum Gasteiger partial charge on any atom is -0.444 e. The molecule has 9 nitrogen and oxygen atoms in total. The molecule has 32 heavy (non-hydrogen) atoms. The highest BCUT2D eigenvalue weighted by atomic mass is 16.6. The molecule has 0 saturated carbocycles. The zero-order valence-corrected chi connectivity index (χ0v) is 20.2. The van der Waals surface area contributed by atoms with Crippen molar-refractivity contribution in [3.63, 3.8) is 0 Å². The van der Waals surface area contributed by atoms with E-state index in [0.717, 1.165) is 63.0 Å². The third kappa shape index (κ3) is 7.25. The SMILES string of the molecule is CCNC(=NCc1ccnc(N2CCN(C)CC2)c1)N1CCC(NC(=O)OC(C)(C)C)C1. The number of carbonyl (C=O) groups is 1. The Morgan fingerprint density at radius 3 is 2.69 bits per heavy atom. The number of hydrogen-bond donors (Lipinski definition) is 2. The van der Waals surface area contributed by atoms with E-state index >= 15 is 0 Å². The van der Waals surface area contributed by atoms with Crippen molar-refractivity contribution < 1.29 is 9.53 Å². The number of rotatable bonds is 5. The van der Waals surface area contributed by atoms with Crippen molar-refractivity contribution >= 4 is 17.9 Å². The van der Waals surface area contributed by atoms with Gasteiger partial charge in [-0.3, -0.25) is 0 Å². The maximum absolute atomic E-state index is 12.1. The average molecular weight is 446 g/mol. The highest BCUT2D eigenvalue weighted by Crippen LogP contribution is 2.16. The molecule has 2 aliphatic heterocycles. The van der Waals surface area contributed by atoms with Gasteiger partial charge >= 0.3 is 6.09 Å². The van der Waals surface area contributed by atoms with Crippen molar-refractivity contribution in [2.45, 2.75) is 52.3 Å². The Bertz CT molecular complexity index is 785. The summed E-state index contributed by atoms with van der Waals surface area (Å²) < 4.78 is 5.39. The van der Waals surface area contributed by atoms with Crippen molar-refractivity contribution in [3.8, 4) is 0 Å². The summed E-state index contributed by atoms with van der Waals surface area (Å²) in [5.41, 5.74) is 0.652. The molecule has 0 spiro atoms. The van der Waals surface area contributed by atoms with E-state index in [9.17, 15) is 4.79 Å². The Morgan fingerprint density at radius 2 is 2.00 bits per heavy atom. The van der Waals surface area contributed by atoms with E-state index in [1.807, 2.05) is 33.0 Å². The van der Waals surface area contributed by atoms with Gasteiger partial charge < -0.3 is 30.1 Å². The van der Waals surface area contributed by atoms with Crippen LogP contribution in [0, 0.1) is 0 Å². The lowest BCUT2D eigenvalue weighted by Crippen LogP contribution is -2.44. The molecule has 2 aliphatic rings. The second kappa shape index (κ2) is 10.8. The van der Waals surface area contributed by atoms with Gasteiger partial charge in [0.05, 0.1) is 12.6 Å². The number of likely N-dealkylation sites (N-methyl/N-ethyl adjacent to an activating group) is 1. The fraction of sp³-hybridized carbons (Fsp3) is 0.696. The third-order valence-electron chi connectivity index (χ3n) is 5.59. The predicted octanol–water partition coefficient (Wildman–Crippen LogP) is 1.90. The van der Waals surface area contributed by atoms with Crippen LogP contribution in [0.25, 0.3) is 0 Å². The Hall–Kier alpha value is -2.55. The summed E-state index contributed by atoms with van der Waals surface area (Å²) in [7, 11) is 2.16. The van der Waals surface area contributed by atoms with Crippen LogP contribution in [0.1, 0.15) is 39.7 Å². The van der Waals surface area contributed by atoms with Crippen LogP contribution in [0.2, 0.25) is 0 Å². The van der Waals surface area contributed by atoms with Gasteiger partial charge in [-0.2, -0.15) is 0 Å². The molecule has 0 aromatic carbocycles. The first-order chi connectivity index (χ1) is 15.2. The van der Waals surface area contributed by atoms with Crippen molar-refractivity contribution in [3.05, 3.63) is 23.9 Å². The van der Waals surface area contributed by atoms with Crippen LogP contribution in [0.5, 0.6) is 0 Å². The van der Waals surface area contributed by atoms with Crippen LogP contribution >= 0.6 is 0 Å². The predicted molar refractivity (Wildman–Crippen MR) is 128 cm³/mol. The minimum absolute atomic E-state index is 0.0541. The van der Waals surface area contributed by atoms with Crippen molar-refractivity contribution in [1.29, 1.82) is 0 Å². The van der Waals surface area contributed by atoms with Crippen molar-refractivity contribution in [1.82, 2.24) is 25.4 Å². The second-order valence-electron chi connectivity index (χ2n) is 9.56. The number of ether oxygens (including phenoxy) is 1. The van der Waals surface area contributed by atoms with Gasteiger partial charge in [0.15, 0.2) is 5.96 Å². The summed E-state index contributed by atoms with van der Waals surface area (Å²) in [6.45, 7) is 14.7.